The van der Waals surface area contributed by atoms with E-state index in [1.165, 1.54) is 36.4 Å². The van der Waals surface area contributed by atoms with Crippen molar-refractivity contribution < 1.29 is 4.79 Å². The van der Waals surface area contributed by atoms with Crippen LogP contribution in [0.15, 0.2) is 59.5 Å². The van der Waals surface area contributed by atoms with Crippen molar-refractivity contribution in [3.8, 4) is 0 Å². The van der Waals surface area contributed by atoms with E-state index in [9.17, 15) is 4.79 Å². The van der Waals surface area contributed by atoms with Gasteiger partial charge in [0.15, 0.2) is 0 Å². The molecular formula is C23H33NOS. The van der Waals surface area contributed by atoms with Crippen molar-refractivity contribution in [2.45, 2.75) is 38.5 Å². The zero-order valence-electron chi connectivity index (χ0n) is 16.7. The summed E-state index contributed by atoms with van der Waals surface area (Å²) >= 11 is 1.88. The standard InChI is InChI=1S/C9H12S.C7H15N.C7H6O/c1-3-10-9-6-4-8(2)5-7-9;1-7-3-5-8(2)6-4-7;8-6-7-4-2-1-3-5-7/h4-7H,3H2,1-2H3;7H,3-6H2,1-2H3;1-6H. The summed E-state index contributed by atoms with van der Waals surface area (Å²) in [6.07, 6.45) is 3.63. The predicted molar refractivity (Wildman–Crippen MR) is 115 cm³/mol. The minimum atomic E-state index is 0.729. The van der Waals surface area contributed by atoms with Gasteiger partial charge >= 0.3 is 0 Å². The maximum Gasteiger partial charge on any atom is 0.150 e. The average molecular weight is 372 g/mol. The Hall–Kier alpha value is -1.58. The quantitative estimate of drug-likeness (QED) is 0.491. The number of hydrogen-bond acceptors (Lipinski definition) is 3. The highest BCUT2D eigenvalue weighted by Crippen LogP contribution is 2.17. The summed E-state index contributed by atoms with van der Waals surface area (Å²) in [5.41, 5.74) is 2.06. The molecule has 0 saturated carbocycles. The highest BCUT2D eigenvalue weighted by molar-refractivity contribution is 7.99. The zero-order chi connectivity index (χ0) is 19.2. The van der Waals surface area contributed by atoms with E-state index in [4.69, 9.17) is 0 Å². The highest BCUT2D eigenvalue weighted by Gasteiger charge is 2.10. The number of carbonyl (C=O) groups excluding carboxylic acids is 1. The lowest BCUT2D eigenvalue weighted by molar-refractivity contribution is 0.112. The molecule has 142 valence electrons. The van der Waals surface area contributed by atoms with Crippen LogP contribution < -0.4 is 0 Å². The fourth-order valence-corrected chi connectivity index (χ4v) is 3.13. The first-order chi connectivity index (χ1) is 12.5. The van der Waals surface area contributed by atoms with Gasteiger partial charge in [-0.15, -0.1) is 11.8 Å². The molecule has 0 radical (unpaired) electrons. The smallest absolute Gasteiger partial charge is 0.150 e. The molecule has 0 N–H and O–H groups in total. The molecule has 3 rings (SSSR count). The molecule has 1 aliphatic heterocycles. The molecule has 0 aliphatic carbocycles. The van der Waals surface area contributed by atoms with Gasteiger partial charge in [-0.25, -0.2) is 0 Å². The van der Waals surface area contributed by atoms with Crippen LogP contribution in [0.25, 0.3) is 0 Å². The second kappa shape index (κ2) is 13.6. The van der Waals surface area contributed by atoms with Gasteiger partial charge in [0.2, 0.25) is 0 Å². The fourth-order valence-electron chi connectivity index (χ4n) is 2.47. The molecule has 0 unspecified atom stereocenters. The molecule has 0 spiro atoms. The van der Waals surface area contributed by atoms with E-state index >= 15 is 0 Å². The Labute approximate surface area is 164 Å². The maximum atomic E-state index is 10.0. The van der Waals surface area contributed by atoms with Gasteiger partial charge in [0, 0.05) is 10.5 Å². The number of nitrogens with zero attached hydrogens (tertiary/aromatic N) is 1. The summed E-state index contributed by atoms with van der Waals surface area (Å²) in [6, 6.07) is 17.7. The van der Waals surface area contributed by atoms with Crippen molar-refractivity contribution in [3.63, 3.8) is 0 Å². The Balaban J connectivity index is 0.000000197. The van der Waals surface area contributed by atoms with Crippen LogP contribution in [0.4, 0.5) is 0 Å². The summed E-state index contributed by atoms with van der Waals surface area (Å²) < 4.78 is 0. The topological polar surface area (TPSA) is 20.3 Å². The van der Waals surface area contributed by atoms with Crippen LogP contribution in [0.3, 0.4) is 0 Å². The van der Waals surface area contributed by atoms with Crippen molar-refractivity contribution in [1.82, 2.24) is 4.90 Å². The van der Waals surface area contributed by atoms with Crippen molar-refractivity contribution in [1.29, 1.82) is 0 Å². The van der Waals surface area contributed by atoms with Gasteiger partial charge in [-0.2, -0.15) is 0 Å². The van der Waals surface area contributed by atoms with Gasteiger partial charge in [0.1, 0.15) is 6.29 Å². The lowest BCUT2D eigenvalue weighted by atomic mass is 10.00. The largest absolute Gasteiger partial charge is 0.306 e. The van der Waals surface area contributed by atoms with Gasteiger partial charge in [0.25, 0.3) is 0 Å². The normalized spacial score (nSPS) is 14.5. The molecule has 1 heterocycles. The third-order valence-electron chi connectivity index (χ3n) is 4.27. The monoisotopic (exact) mass is 371 g/mol. The average Bonchev–Trinajstić information content (AvgIpc) is 2.68. The zero-order valence-corrected chi connectivity index (χ0v) is 17.5. The molecule has 1 aliphatic rings. The van der Waals surface area contributed by atoms with Crippen LogP contribution >= 0.6 is 11.8 Å². The molecule has 3 heteroatoms. The lowest BCUT2D eigenvalue weighted by Crippen LogP contribution is -2.28. The number of rotatable bonds is 3. The van der Waals surface area contributed by atoms with Gasteiger partial charge in [0.05, 0.1) is 0 Å². The minimum Gasteiger partial charge on any atom is -0.306 e. The number of piperidine rings is 1. The summed E-state index contributed by atoms with van der Waals surface area (Å²) in [4.78, 5) is 13.8. The van der Waals surface area contributed by atoms with Crippen LogP contribution in [-0.4, -0.2) is 37.1 Å². The Morgan fingerprint density at radius 1 is 1.04 bits per heavy atom. The molecular weight excluding hydrogens is 338 g/mol. The minimum absolute atomic E-state index is 0.729. The molecule has 2 aromatic rings. The van der Waals surface area contributed by atoms with E-state index in [0.29, 0.717) is 0 Å². The van der Waals surface area contributed by atoms with Crippen LogP contribution in [0, 0.1) is 12.8 Å². The summed E-state index contributed by atoms with van der Waals surface area (Å²) in [6.45, 7) is 9.24. The van der Waals surface area contributed by atoms with Gasteiger partial charge in [-0.3, -0.25) is 4.79 Å². The van der Waals surface area contributed by atoms with Crippen molar-refractivity contribution in [2.24, 2.45) is 5.92 Å². The molecule has 0 bridgehead atoms. The van der Waals surface area contributed by atoms with E-state index in [1.807, 2.05) is 30.0 Å². The van der Waals surface area contributed by atoms with Crippen LogP contribution in [0.5, 0.6) is 0 Å². The van der Waals surface area contributed by atoms with Crippen LogP contribution in [-0.2, 0) is 0 Å². The second-order valence-electron chi connectivity index (χ2n) is 6.76. The van der Waals surface area contributed by atoms with Crippen LogP contribution in [0.2, 0.25) is 0 Å². The molecule has 1 fully saturated rings. The van der Waals surface area contributed by atoms with Crippen LogP contribution in [0.1, 0.15) is 42.6 Å². The first kappa shape index (κ1) is 22.5. The molecule has 2 aromatic carbocycles. The molecule has 2 nitrogen and oxygen atoms in total. The third kappa shape index (κ3) is 10.4. The Kier molecular flexibility index (Phi) is 11.7. The van der Waals surface area contributed by atoms with Gasteiger partial charge in [-0.05, 0) is 63.7 Å². The number of hydrogen-bond donors (Lipinski definition) is 0. The van der Waals surface area contributed by atoms with Crippen molar-refractivity contribution in [3.05, 3.63) is 65.7 Å². The molecule has 26 heavy (non-hydrogen) atoms. The van der Waals surface area contributed by atoms with Crippen molar-refractivity contribution >= 4 is 18.0 Å². The Bertz CT molecular complexity index is 579. The first-order valence-corrected chi connectivity index (χ1v) is 10.4. The lowest BCUT2D eigenvalue weighted by Gasteiger charge is -2.26. The fraction of sp³-hybridized carbons (Fsp3) is 0.435. The van der Waals surface area contributed by atoms with Gasteiger partial charge in [-0.1, -0.05) is 61.9 Å². The second-order valence-corrected chi connectivity index (χ2v) is 8.10. The molecule has 0 amide bonds. The van der Waals surface area contributed by atoms with E-state index in [-0.39, 0.29) is 0 Å². The first-order valence-electron chi connectivity index (χ1n) is 9.43. The number of thioether (sulfide) groups is 1. The Morgan fingerprint density at radius 2 is 1.62 bits per heavy atom. The number of likely N-dealkylation sites (tertiary alicyclic amines) is 1. The van der Waals surface area contributed by atoms with E-state index in [1.54, 1.807) is 12.1 Å². The Morgan fingerprint density at radius 3 is 2.04 bits per heavy atom. The number of carbonyl (C=O) groups is 1. The third-order valence-corrected chi connectivity index (χ3v) is 5.17. The summed E-state index contributed by atoms with van der Waals surface area (Å²) in [5.74, 6) is 2.13. The highest BCUT2D eigenvalue weighted by atomic mass is 32.2. The van der Waals surface area contributed by atoms with Crippen molar-refractivity contribution in [2.75, 3.05) is 25.9 Å². The van der Waals surface area contributed by atoms with Gasteiger partial charge < -0.3 is 4.90 Å². The number of aldehydes is 1. The number of benzene rings is 2. The molecule has 0 aromatic heterocycles. The molecule has 1 saturated heterocycles. The predicted octanol–water partition coefficient (Wildman–Crippen LogP) is 5.95. The number of aryl methyl sites for hydroxylation is 1. The maximum absolute atomic E-state index is 10.0. The SMILES string of the molecule is CC1CCN(C)CC1.CCSc1ccc(C)cc1.O=Cc1ccccc1. The van der Waals surface area contributed by atoms with E-state index in [0.717, 1.165) is 23.5 Å². The van der Waals surface area contributed by atoms with E-state index < -0.39 is 0 Å². The summed E-state index contributed by atoms with van der Waals surface area (Å²) in [5, 5.41) is 0. The van der Waals surface area contributed by atoms with E-state index in [2.05, 4.69) is 57.0 Å². The molecule has 0 atom stereocenters. The summed E-state index contributed by atoms with van der Waals surface area (Å²) in [7, 11) is 2.20.